The lowest BCUT2D eigenvalue weighted by Crippen LogP contribution is -2.12. The standard InChI is InChI=1S/C16H18ClNOS/c1-11(18-2)12-4-9-16(15(17)10-12)19-13-5-7-14(20-3)8-6-13/h4-11,18H,1-3H3. The maximum atomic E-state index is 6.28. The molecule has 1 N–H and O–H groups in total. The molecule has 2 aromatic carbocycles. The highest BCUT2D eigenvalue weighted by Gasteiger charge is 2.08. The van der Waals surface area contributed by atoms with Crippen molar-refractivity contribution in [2.24, 2.45) is 0 Å². The average Bonchev–Trinajstić information content (AvgIpc) is 2.49. The van der Waals surface area contributed by atoms with Gasteiger partial charge in [-0.25, -0.2) is 0 Å². The van der Waals surface area contributed by atoms with Gasteiger partial charge in [0.05, 0.1) is 5.02 Å². The fourth-order valence-corrected chi connectivity index (χ4v) is 2.44. The molecule has 0 heterocycles. The van der Waals surface area contributed by atoms with Crippen LogP contribution >= 0.6 is 23.4 Å². The Morgan fingerprint density at radius 1 is 1.15 bits per heavy atom. The molecule has 0 bridgehead atoms. The summed E-state index contributed by atoms with van der Waals surface area (Å²) in [6.45, 7) is 2.09. The molecule has 2 nitrogen and oxygen atoms in total. The second-order valence-corrected chi connectivity index (χ2v) is 5.76. The van der Waals surface area contributed by atoms with Crippen molar-refractivity contribution in [2.45, 2.75) is 17.9 Å². The van der Waals surface area contributed by atoms with E-state index >= 15 is 0 Å². The minimum absolute atomic E-state index is 0.266. The highest BCUT2D eigenvalue weighted by atomic mass is 35.5. The third-order valence-electron chi connectivity index (χ3n) is 3.18. The van der Waals surface area contributed by atoms with Crippen LogP contribution in [0.15, 0.2) is 47.4 Å². The predicted molar refractivity (Wildman–Crippen MR) is 87.2 cm³/mol. The van der Waals surface area contributed by atoms with E-state index in [1.54, 1.807) is 11.8 Å². The second-order valence-electron chi connectivity index (χ2n) is 4.48. The zero-order valence-electron chi connectivity index (χ0n) is 11.8. The number of hydrogen-bond acceptors (Lipinski definition) is 3. The van der Waals surface area contributed by atoms with Crippen molar-refractivity contribution in [2.75, 3.05) is 13.3 Å². The van der Waals surface area contributed by atoms with Gasteiger partial charge < -0.3 is 10.1 Å². The molecular formula is C16H18ClNOS. The first-order valence-corrected chi connectivity index (χ1v) is 8.03. The normalized spacial score (nSPS) is 12.2. The van der Waals surface area contributed by atoms with E-state index in [2.05, 4.69) is 12.2 Å². The van der Waals surface area contributed by atoms with Gasteiger partial charge in [-0.1, -0.05) is 17.7 Å². The molecule has 0 aliphatic heterocycles. The fraction of sp³-hybridized carbons (Fsp3) is 0.250. The van der Waals surface area contributed by atoms with Crippen LogP contribution < -0.4 is 10.1 Å². The van der Waals surface area contributed by atoms with Crippen LogP contribution in [0.5, 0.6) is 11.5 Å². The molecule has 1 atom stereocenters. The summed E-state index contributed by atoms with van der Waals surface area (Å²) in [5.41, 5.74) is 1.14. The van der Waals surface area contributed by atoms with Crippen molar-refractivity contribution in [3.63, 3.8) is 0 Å². The van der Waals surface area contributed by atoms with Gasteiger partial charge >= 0.3 is 0 Å². The molecular weight excluding hydrogens is 290 g/mol. The summed E-state index contributed by atoms with van der Waals surface area (Å²) in [6.07, 6.45) is 2.05. The molecule has 20 heavy (non-hydrogen) atoms. The number of nitrogens with one attached hydrogen (secondary N) is 1. The van der Waals surface area contributed by atoms with Gasteiger partial charge in [0.25, 0.3) is 0 Å². The molecule has 0 saturated carbocycles. The molecule has 2 rings (SSSR count). The maximum absolute atomic E-state index is 6.28. The summed E-state index contributed by atoms with van der Waals surface area (Å²) >= 11 is 7.99. The summed E-state index contributed by atoms with van der Waals surface area (Å²) < 4.78 is 5.82. The second kappa shape index (κ2) is 7.02. The zero-order chi connectivity index (χ0) is 14.5. The van der Waals surface area contributed by atoms with Crippen LogP contribution in [0.2, 0.25) is 5.02 Å². The first-order chi connectivity index (χ1) is 9.63. The van der Waals surface area contributed by atoms with Gasteiger partial charge in [-0.2, -0.15) is 0 Å². The van der Waals surface area contributed by atoms with Gasteiger partial charge in [-0.15, -0.1) is 11.8 Å². The Morgan fingerprint density at radius 3 is 2.40 bits per heavy atom. The molecule has 0 spiro atoms. The average molecular weight is 308 g/mol. The molecule has 0 aliphatic carbocycles. The Hall–Kier alpha value is -1.16. The van der Waals surface area contributed by atoms with Crippen molar-refractivity contribution in [3.05, 3.63) is 53.1 Å². The lowest BCUT2D eigenvalue weighted by Gasteiger charge is -2.13. The van der Waals surface area contributed by atoms with Crippen LogP contribution in [0.1, 0.15) is 18.5 Å². The molecule has 1 unspecified atom stereocenters. The lowest BCUT2D eigenvalue weighted by atomic mass is 10.1. The van der Waals surface area contributed by atoms with Gasteiger partial charge in [0, 0.05) is 10.9 Å². The van der Waals surface area contributed by atoms with Gasteiger partial charge in [-0.3, -0.25) is 0 Å². The molecule has 106 valence electrons. The van der Waals surface area contributed by atoms with Crippen LogP contribution in [-0.4, -0.2) is 13.3 Å². The highest BCUT2D eigenvalue weighted by Crippen LogP contribution is 2.32. The van der Waals surface area contributed by atoms with Gasteiger partial charge in [-0.05, 0) is 62.2 Å². The summed E-state index contributed by atoms with van der Waals surface area (Å²) in [5.74, 6) is 1.47. The summed E-state index contributed by atoms with van der Waals surface area (Å²) in [4.78, 5) is 1.21. The summed E-state index contributed by atoms with van der Waals surface area (Å²) in [7, 11) is 1.93. The van der Waals surface area contributed by atoms with E-state index in [-0.39, 0.29) is 6.04 Å². The number of rotatable bonds is 5. The molecule has 4 heteroatoms. The van der Waals surface area contributed by atoms with E-state index in [0.717, 1.165) is 11.3 Å². The maximum Gasteiger partial charge on any atom is 0.146 e. The van der Waals surface area contributed by atoms with Crippen molar-refractivity contribution >= 4 is 23.4 Å². The topological polar surface area (TPSA) is 21.3 Å². The number of halogens is 1. The van der Waals surface area contributed by atoms with Crippen LogP contribution in [0.3, 0.4) is 0 Å². The van der Waals surface area contributed by atoms with E-state index < -0.39 is 0 Å². The van der Waals surface area contributed by atoms with Crippen molar-refractivity contribution in [1.82, 2.24) is 5.32 Å². The van der Waals surface area contributed by atoms with E-state index in [4.69, 9.17) is 16.3 Å². The number of hydrogen-bond donors (Lipinski definition) is 1. The quantitative estimate of drug-likeness (QED) is 0.773. The van der Waals surface area contributed by atoms with E-state index in [0.29, 0.717) is 10.8 Å². The van der Waals surface area contributed by atoms with Gasteiger partial charge in [0.2, 0.25) is 0 Å². The first-order valence-electron chi connectivity index (χ1n) is 6.42. The van der Waals surface area contributed by atoms with Crippen LogP contribution in [-0.2, 0) is 0 Å². The van der Waals surface area contributed by atoms with Crippen LogP contribution in [0, 0.1) is 0 Å². The molecule has 2 aromatic rings. The Bertz CT molecular complexity index is 571. The molecule has 0 amide bonds. The Balaban J connectivity index is 2.16. The minimum Gasteiger partial charge on any atom is -0.456 e. The first kappa shape index (κ1) is 15.2. The smallest absolute Gasteiger partial charge is 0.146 e. The van der Waals surface area contributed by atoms with Crippen molar-refractivity contribution in [1.29, 1.82) is 0 Å². The van der Waals surface area contributed by atoms with E-state index in [1.807, 2.05) is 55.8 Å². The Kier molecular flexibility index (Phi) is 5.35. The lowest BCUT2D eigenvalue weighted by molar-refractivity contribution is 0.482. The molecule has 0 aromatic heterocycles. The Morgan fingerprint density at radius 2 is 1.85 bits per heavy atom. The van der Waals surface area contributed by atoms with E-state index in [9.17, 15) is 0 Å². The minimum atomic E-state index is 0.266. The van der Waals surface area contributed by atoms with Crippen LogP contribution in [0.25, 0.3) is 0 Å². The summed E-state index contributed by atoms with van der Waals surface area (Å²) in [5, 5.41) is 3.81. The predicted octanol–water partition coefficient (Wildman–Crippen LogP) is 5.13. The highest BCUT2D eigenvalue weighted by molar-refractivity contribution is 7.98. The zero-order valence-corrected chi connectivity index (χ0v) is 13.4. The molecule has 0 radical (unpaired) electrons. The molecule has 0 aliphatic rings. The van der Waals surface area contributed by atoms with Crippen LogP contribution in [0.4, 0.5) is 0 Å². The van der Waals surface area contributed by atoms with E-state index in [1.165, 1.54) is 4.90 Å². The third-order valence-corrected chi connectivity index (χ3v) is 4.22. The number of thioether (sulfide) groups is 1. The monoisotopic (exact) mass is 307 g/mol. The summed E-state index contributed by atoms with van der Waals surface area (Å²) in [6, 6.07) is 14.1. The van der Waals surface area contributed by atoms with Gasteiger partial charge in [0.15, 0.2) is 0 Å². The Labute approximate surface area is 129 Å². The number of ether oxygens (including phenoxy) is 1. The number of benzene rings is 2. The largest absolute Gasteiger partial charge is 0.456 e. The SMILES string of the molecule is CNC(C)c1ccc(Oc2ccc(SC)cc2)c(Cl)c1. The van der Waals surface area contributed by atoms with Crippen molar-refractivity contribution < 1.29 is 4.74 Å². The fourth-order valence-electron chi connectivity index (χ4n) is 1.81. The third kappa shape index (κ3) is 3.69. The molecule has 0 saturated heterocycles. The van der Waals surface area contributed by atoms with Gasteiger partial charge in [0.1, 0.15) is 11.5 Å². The van der Waals surface area contributed by atoms with Crippen molar-refractivity contribution in [3.8, 4) is 11.5 Å². The molecule has 0 fully saturated rings.